The molecule has 0 radical (unpaired) electrons. The van der Waals surface area contributed by atoms with E-state index < -0.39 is 0 Å². The molecular formula is C19H24N4O3S2. The molecule has 0 saturated carbocycles. The Morgan fingerprint density at radius 1 is 1.54 bits per heavy atom. The zero-order chi connectivity index (χ0) is 20.1. The molecule has 0 unspecified atom stereocenters. The topological polar surface area (TPSA) is 86.1 Å². The van der Waals surface area contributed by atoms with Gasteiger partial charge < -0.3 is 14.6 Å². The summed E-state index contributed by atoms with van der Waals surface area (Å²) in [6, 6.07) is 0. The zero-order valence-corrected chi connectivity index (χ0v) is 17.7. The van der Waals surface area contributed by atoms with Crippen LogP contribution in [0.4, 0.5) is 5.00 Å². The first-order chi connectivity index (χ1) is 13.5. The number of hydrogen-bond acceptors (Lipinski definition) is 7. The SMILES string of the molecule is C=CCn1cnnc1SCC(=O)Nc1sc2c(c1C(=O)OCC)CC[C@H](C)C2. The van der Waals surface area contributed by atoms with Gasteiger partial charge in [-0.15, -0.1) is 28.1 Å². The molecular weight excluding hydrogens is 396 g/mol. The number of carbonyl (C=O) groups excluding carboxylic acids is 2. The van der Waals surface area contributed by atoms with Gasteiger partial charge in [-0.1, -0.05) is 24.8 Å². The van der Waals surface area contributed by atoms with Crippen molar-refractivity contribution >= 4 is 40.0 Å². The van der Waals surface area contributed by atoms with Crippen LogP contribution in [0.5, 0.6) is 0 Å². The fraction of sp³-hybridized carbons (Fsp3) is 0.474. The largest absolute Gasteiger partial charge is 0.462 e. The van der Waals surface area contributed by atoms with Gasteiger partial charge >= 0.3 is 5.97 Å². The Morgan fingerprint density at radius 2 is 2.36 bits per heavy atom. The quantitative estimate of drug-likeness (QED) is 0.399. The minimum atomic E-state index is -0.358. The summed E-state index contributed by atoms with van der Waals surface area (Å²) in [6.07, 6.45) is 6.17. The molecule has 2 aromatic rings. The molecule has 0 aliphatic heterocycles. The van der Waals surface area contributed by atoms with Crippen LogP contribution in [-0.2, 0) is 28.9 Å². The van der Waals surface area contributed by atoms with Crippen LogP contribution in [-0.4, -0.2) is 39.0 Å². The van der Waals surface area contributed by atoms with E-state index in [9.17, 15) is 9.59 Å². The molecule has 1 aliphatic carbocycles. The highest BCUT2D eigenvalue weighted by atomic mass is 32.2. The number of aromatic nitrogens is 3. The molecule has 150 valence electrons. The van der Waals surface area contributed by atoms with Crippen molar-refractivity contribution in [2.24, 2.45) is 5.92 Å². The molecule has 2 aromatic heterocycles. The van der Waals surface area contributed by atoms with Gasteiger partial charge in [0.2, 0.25) is 5.91 Å². The van der Waals surface area contributed by atoms with Crippen molar-refractivity contribution in [3.63, 3.8) is 0 Å². The number of allylic oxidation sites excluding steroid dienone is 1. The number of carbonyl (C=O) groups is 2. The molecule has 1 atom stereocenters. The lowest BCUT2D eigenvalue weighted by Crippen LogP contribution is -2.18. The highest BCUT2D eigenvalue weighted by Gasteiger charge is 2.29. The van der Waals surface area contributed by atoms with E-state index in [0.29, 0.717) is 34.8 Å². The van der Waals surface area contributed by atoms with E-state index in [-0.39, 0.29) is 17.6 Å². The number of anilines is 1. The second kappa shape index (κ2) is 9.38. The number of nitrogens with zero attached hydrogens (tertiary/aromatic N) is 3. The maximum absolute atomic E-state index is 12.5. The monoisotopic (exact) mass is 420 g/mol. The molecule has 28 heavy (non-hydrogen) atoms. The minimum absolute atomic E-state index is 0.178. The Balaban J connectivity index is 1.73. The number of fused-ring (bicyclic) bond motifs is 1. The third-order valence-corrected chi connectivity index (χ3v) is 6.63. The van der Waals surface area contributed by atoms with E-state index in [0.717, 1.165) is 24.8 Å². The lowest BCUT2D eigenvalue weighted by Gasteiger charge is -2.18. The number of rotatable bonds is 8. The third-order valence-electron chi connectivity index (χ3n) is 4.48. The summed E-state index contributed by atoms with van der Waals surface area (Å²) in [6.45, 7) is 8.58. The fourth-order valence-corrected chi connectivity index (χ4v) is 5.31. The second-order valence-electron chi connectivity index (χ2n) is 6.67. The predicted molar refractivity (Wildman–Crippen MR) is 111 cm³/mol. The molecule has 2 heterocycles. The number of nitrogens with one attached hydrogen (secondary N) is 1. The molecule has 0 bridgehead atoms. The molecule has 0 fully saturated rings. The zero-order valence-electron chi connectivity index (χ0n) is 16.1. The molecule has 9 heteroatoms. The Kier molecular flexibility index (Phi) is 6.90. The molecule has 1 amide bonds. The van der Waals surface area contributed by atoms with E-state index in [4.69, 9.17) is 4.74 Å². The van der Waals surface area contributed by atoms with Crippen molar-refractivity contribution in [1.29, 1.82) is 0 Å². The van der Waals surface area contributed by atoms with Crippen molar-refractivity contribution in [2.75, 3.05) is 17.7 Å². The average Bonchev–Trinajstić information content (AvgIpc) is 3.24. The summed E-state index contributed by atoms with van der Waals surface area (Å²) in [7, 11) is 0. The number of thiophene rings is 1. The van der Waals surface area contributed by atoms with Crippen molar-refractivity contribution in [3.8, 4) is 0 Å². The number of hydrogen-bond donors (Lipinski definition) is 1. The summed E-state index contributed by atoms with van der Waals surface area (Å²) in [4.78, 5) is 26.2. The summed E-state index contributed by atoms with van der Waals surface area (Å²) < 4.78 is 7.06. The minimum Gasteiger partial charge on any atom is -0.462 e. The molecule has 0 spiro atoms. The van der Waals surface area contributed by atoms with Crippen LogP contribution >= 0.6 is 23.1 Å². The number of esters is 1. The van der Waals surface area contributed by atoms with Crippen LogP contribution in [0.2, 0.25) is 0 Å². The van der Waals surface area contributed by atoms with Gasteiger partial charge in [-0.05, 0) is 37.7 Å². The molecule has 0 saturated heterocycles. The molecule has 0 aromatic carbocycles. The van der Waals surface area contributed by atoms with E-state index in [1.807, 2.05) is 4.57 Å². The Hall–Kier alpha value is -2.13. The Labute approximate surface area is 172 Å². The summed E-state index contributed by atoms with van der Waals surface area (Å²) in [5.41, 5.74) is 1.57. The van der Waals surface area contributed by atoms with Gasteiger partial charge in [0.15, 0.2) is 5.16 Å². The van der Waals surface area contributed by atoms with Crippen LogP contribution < -0.4 is 5.32 Å². The van der Waals surface area contributed by atoms with E-state index in [1.165, 1.54) is 28.0 Å². The van der Waals surface area contributed by atoms with Crippen LogP contribution in [0.1, 0.15) is 41.1 Å². The Bertz CT molecular complexity index is 875. The van der Waals surface area contributed by atoms with Gasteiger partial charge in [-0.2, -0.15) is 0 Å². The first-order valence-corrected chi connectivity index (χ1v) is 11.1. The van der Waals surface area contributed by atoms with Gasteiger partial charge in [0.1, 0.15) is 11.3 Å². The first-order valence-electron chi connectivity index (χ1n) is 9.26. The summed E-state index contributed by atoms with van der Waals surface area (Å²) in [5.74, 6) is 0.215. The van der Waals surface area contributed by atoms with Gasteiger partial charge in [0, 0.05) is 11.4 Å². The van der Waals surface area contributed by atoms with Crippen LogP contribution in [0, 0.1) is 5.92 Å². The summed E-state index contributed by atoms with van der Waals surface area (Å²) >= 11 is 2.79. The molecule has 3 rings (SSSR count). The van der Waals surface area contributed by atoms with E-state index in [2.05, 4.69) is 29.0 Å². The maximum atomic E-state index is 12.5. The van der Waals surface area contributed by atoms with Crippen LogP contribution in [0.15, 0.2) is 24.1 Å². The molecule has 7 nitrogen and oxygen atoms in total. The lowest BCUT2D eigenvalue weighted by molar-refractivity contribution is -0.113. The number of thioether (sulfide) groups is 1. The molecule has 1 N–H and O–H groups in total. The number of amides is 1. The highest BCUT2D eigenvalue weighted by molar-refractivity contribution is 7.99. The van der Waals surface area contributed by atoms with Gasteiger partial charge in [-0.3, -0.25) is 4.79 Å². The summed E-state index contributed by atoms with van der Waals surface area (Å²) in [5, 5.41) is 12.0. The second-order valence-corrected chi connectivity index (χ2v) is 8.72. The average molecular weight is 421 g/mol. The normalized spacial score (nSPS) is 15.7. The highest BCUT2D eigenvalue weighted by Crippen LogP contribution is 2.40. The Morgan fingerprint density at radius 3 is 3.11 bits per heavy atom. The smallest absolute Gasteiger partial charge is 0.341 e. The standard InChI is InChI=1S/C19H24N4O3S2/c1-4-8-23-11-20-22-19(23)27-10-15(24)21-17-16(18(25)26-5-2)13-7-6-12(3)9-14(13)28-17/h4,11-12H,1,5-10H2,2-3H3,(H,21,24)/t12-/m0/s1. The number of ether oxygens (including phenoxy) is 1. The van der Waals surface area contributed by atoms with Crippen molar-refractivity contribution in [1.82, 2.24) is 14.8 Å². The van der Waals surface area contributed by atoms with Gasteiger partial charge in [0.05, 0.1) is 17.9 Å². The van der Waals surface area contributed by atoms with Crippen LogP contribution in [0.25, 0.3) is 0 Å². The van der Waals surface area contributed by atoms with E-state index >= 15 is 0 Å². The fourth-order valence-electron chi connectivity index (χ4n) is 3.17. The van der Waals surface area contributed by atoms with Crippen molar-refractivity contribution in [3.05, 3.63) is 35.0 Å². The molecule has 1 aliphatic rings. The predicted octanol–water partition coefficient (Wildman–Crippen LogP) is 3.56. The first kappa shape index (κ1) is 20.6. The lowest BCUT2D eigenvalue weighted by atomic mass is 9.88. The van der Waals surface area contributed by atoms with Crippen molar-refractivity contribution < 1.29 is 14.3 Å². The van der Waals surface area contributed by atoms with Gasteiger partial charge in [0.25, 0.3) is 0 Å². The van der Waals surface area contributed by atoms with Crippen molar-refractivity contribution in [2.45, 2.75) is 44.8 Å². The van der Waals surface area contributed by atoms with Gasteiger partial charge in [-0.25, -0.2) is 4.79 Å². The van der Waals surface area contributed by atoms with Crippen LogP contribution in [0.3, 0.4) is 0 Å². The third kappa shape index (κ3) is 4.64. The maximum Gasteiger partial charge on any atom is 0.341 e. The van der Waals surface area contributed by atoms with E-state index in [1.54, 1.807) is 19.3 Å².